The fraction of sp³-hybridized carbons (Fsp3) is 0.375. The minimum absolute atomic E-state index is 0.0892. The van der Waals surface area contributed by atoms with Crippen molar-refractivity contribution in [2.45, 2.75) is 40.0 Å². The zero-order valence-corrected chi connectivity index (χ0v) is 11.7. The number of carboxylic acid groups (broad SMARTS) is 1. The van der Waals surface area contributed by atoms with Crippen LogP contribution in [0, 0.1) is 0 Å². The largest absolute Gasteiger partial charge is 0.478 e. The van der Waals surface area contributed by atoms with Crippen LogP contribution in [-0.4, -0.2) is 17.4 Å². The Kier molecular flexibility index (Phi) is 5.49. The molecule has 0 aliphatic rings. The van der Waals surface area contributed by atoms with E-state index in [-0.39, 0.29) is 5.57 Å². The normalized spacial score (nSPS) is 11.4. The lowest BCUT2D eigenvalue weighted by Crippen LogP contribution is -2.08. The number of rotatable bonds is 6. The molecule has 0 saturated carbocycles. The highest BCUT2D eigenvalue weighted by Gasteiger charge is 2.18. The Morgan fingerprint density at radius 1 is 1.11 bits per heavy atom. The molecule has 0 aliphatic carbocycles. The lowest BCUT2D eigenvalue weighted by Gasteiger charge is -2.15. The average molecular weight is 260 g/mol. The van der Waals surface area contributed by atoms with Crippen LogP contribution in [0.4, 0.5) is 0 Å². The number of benzene rings is 1. The Morgan fingerprint density at radius 3 is 1.95 bits per heavy atom. The topological polar surface area (TPSA) is 54.4 Å². The van der Waals surface area contributed by atoms with Gasteiger partial charge in [0.25, 0.3) is 0 Å². The molecule has 3 heteroatoms. The molecule has 0 bridgehead atoms. The summed E-state index contributed by atoms with van der Waals surface area (Å²) in [5.41, 5.74) is 3.99. The molecule has 19 heavy (non-hydrogen) atoms. The van der Waals surface area contributed by atoms with E-state index in [1.165, 1.54) is 5.56 Å². The van der Waals surface area contributed by atoms with Crippen molar-refractivity contribution in [1.82, 2.24) is 0 Å². The summed E-state index contributed by atoms with van der Waals surface area (Å²) >= 11 is 0. The highest BCUT2D eigenvalue weighted by atomic mass is 16.4. The minimum Gasteiger partial charge on any atom is -0.478 e. The van der Waals surface area contributed by atoms with Gasteiger partial charge in [-0.2, -0.15) is 0 Å². The minimum atomic E-state index is -1.05. The summed E-state index contributed by atoms with van der Waals surface area (Å²) in [6.45, 7) is 6.07. The molecule has 3 nitrogen and oxygen atoms in total. The molecule has 1 aromatic carbocycles. The van der Waals surface area contributed by atoms with Crippen molar-refractivity contribution in [3.63, 3.8) is 0 Å². The van der Waals surface area contributed by atoms with Gasteiger partial charge in [0.15, 0.2) is 0 Å². The third-order valence-corrected chi connectivity index (χ3v) is 3.27. The van der Waals surface area contributed by atoms with E-state index in [4.69, 9.17) is 0 Å². The van der Waals surface area contributed by atoms with Gasteiger partial charge in [-0.25, -0.2) is 4.79 Å². The van der Waals surface area contributed by atoms with Crippen molar-refractivity contribution in [2.24, 2.45) is 0 Å². The molecule has 0 spiro atoms. The van der Waals surface area contributed by atoms with Crippen LogP contribution in [0.3, 0.4) is 0 Å². The van der Waals surface area contributed by atoms with Crippen LogP contribution >= 0.6 is 0 Å². The van der Waals surface area contributed by atoms with Crippen LogP contribution < -0.4 is 0 Å². The van der Waals surface area contributed by atoms with Gasteiger partial charge >= 0.3 is 5.97 Å². The molecule has 0 unspecified atom stereocenters. The van der Waals surface area contributed by atoms with Crippen LogP contribution in [0.1, 0.15) is 43.0 Å². The number of aliphatic carboxylic acids is 1. The van der Waals surface area contributed by atoms with Gasteiger partial charge in [-0.15, -0.1) is 0 Å². The van der Waals surface area contributed by atoms with Crippen molar-refractivity contribution in [2.75, 3.05) is 0 Å². The quantitative estimate of drug-likeness (QED) is 0.632. The molecule has 1 N–H and O–H groups in total. The molecular weight excluding hydrogens is 240 g/mol. The molecule has 1 rings (SSSR count). The standard InChI is InChI=1S/C16H20O3/c1-4-11-9-12(5-2)15(13(6-3)10-11)14(7-8-17)16(18)19/h7-10H,4-6H2,1-3H3,(H,18,19). The zero-order valence-electron chi connectivity index (χ0n) is 11.7. The van der Waals surface area contributed by atoms with Gasteiger partial charge < -0.3 is 5.11 Å². The number of carboxylic acids is 1. The number of allylic oxidation sites excluding steroid dienone is 1. The predicted molar refractivity (Wildman–Crippen MR) is 76.3 cm³/mol. The van der Waals surface area contributed by atoms with Crippen LogP contribution in [0.25, 0.3) is 5.57 Å². The lowest BCUT2D eigenvalue weighted by molar-refractivity contribution is -0.130. The molecule has 0 atom stereocenters. The smallest absolute Gasteiger partial charge is 0.336 e. The fourth-order valence-corrected chi connectivity index (χ4v) is 2.28. The number of hydrogen-bond donors (Lipinski definition) is 1. The van der Waals surface area contributed by atoms with E-state index in [0.717, 1.165) is 36.5 Å². The number of aryl methyl sites for hydroxylation is 3. The van der Waals surface area contributed by atoms with Crippen molar-refractivity contribution in [3.8, 4) is 0 Å². The molecule has 1 aromatic rings. The Balaban J connectivity index is 3.59. The zero-order chi connectivity index (χ0) is 14.4. The highest BCUT2D eigenvalue weighted by Crippen LogP contribution is 2.27. The van der Waals surface area contributed by atoms with Crippen LogP contribution in [0.2, 0.25) is 0 Å². The molecule has 102 valence electrons. The summed E-state index contributed by atoms with van der Waals surface area (Å²) < 4.78 is 0. The molecule has 0 radical (unpaired) electrons. The van der Waals surface area contributed by atoms with Gasteiger partial charge in [-0.05, 0) is 47.6 Å². The van der Waals surface area contributed by atoms with Gasteiger partial charge in [0, 0.05) is 0 Å². The molecular formula is C16H20O3. The summed E-state index contributed by atoms with van der Waals surface area (Å²) in [7, 11) is 0. The van der Waals surface area contributed by atoms with E-state index in [1.54, 1.807) is 0 Å². The number of carbonyl (C=O) groups is 2. The second-order valence-electron chi connectivity index (χ2n) is 4.37. The first-order chi connectivity index (χ1) is 9.08. The monoisotopic (exact) mass is 260 g/mol. The first-order valence-electron chi connectivity index (χ1n) is 6.62. The van der Waals surface area contributed by atoms with E-state index < -0.39 is 5.97 Å². The molecule has 0 aliphatic heterocycles. The van der Waals surface area contributed by atoms with E-state index >= 15 is 0 Å². The summed E-state index contributed by atoms with van der Waals surface area (Å²) in [5.74, 6) is -1.05. The first kappa shape index (κ1) is 15.2. The maximum absolute atomic E-state index is 11.4. The van der Waals surface area contributed by atoms with Gasteiger partial charge in [-0.3, -0.25) is 4.79 Å². The van der Waals surface area contributed by atoms with Gasteiger partial charge in [-0.1, -0.05) is 32.9 Å². The molecule has 0 aromatic heterocycles. The fourth-order valence-electron chi connectivity index (χ4n) is 2.28. The summed E-state index contributed by atoms with van der Waals surface area (Å²) in [4.78, 5) is 22.0. The van der Waals surface area contributed by atoms with Gasteiger partial charge in [0.1, 0.15) is 6.29 Å². The second kappa shape index (κ2) is 6.88. The molecule has 0 fully saturated rings. The van der Waals surface area contributed by atoms with Crippen LogP contribution in [-0.2, 0) is 28.9 Å². The summed E-state index contributed by atoms with van der Waals surface area (Å²) in [6.07, 6.45) is 4.09. The van der Waals surface area contributed by atoms with E-state index in [2.05, 4.69) is 6.92 Å². The van der Waals surface area contributed by atoms with Crippen molar-refractivity contribution < 1.29 is 14.7 Å². The maximum Gasteiger partial charge on any atom is 0.336 e. The van der Waals surface area contributed by atoms with E-state index in [0.29, 0.717) is 11.8 Å². The van der Waals surface area contributed by atoms with Crippen molar-refractivity contribution >= 4 is 17.8 Å². The Bertz CT molecular complexity index is 488. The van der Waals surface area contributed by atoms with Crippen molar-refractivity contribution in [1.29, 1.82) is 0 Å². The van der Waals surface area contributed by atoms with E-state index in [1.807, 2.05) is 26.0 Å². The third kappa shape index (κ3) is 3.31. The summed E-state index contributed by atoms with van der Waals surface area (Å²) in [5, 5.41) is 9.30. The third-order valence-electron chi connectivity index (χ3n) is 3.27. The Labute approximate surface area is 114 Å². The molecule has 0 saturated heterocycles. The van der Waals surface area contributed by atoms with Gasteiger partial charge in [0.05, 0.1) is 5.57 Å². The molecule has 0 amide bonds. The highest BCUT2D eigenvalue weighted by molar-refractivity contribution is 6.19. The van der Waals surface area contributed by atoms with Crippen LogP contribution in [0.15, 0.2) is 18.2 Å². The first-order valence-corrected chi connectivity index (χ1v) is 6.62. The number of hydrogen-bond acceptors (Lipinski definition) is 2. The predicted octanol–water partition coefficient (Wildman–Crippen LogP) is 3.04. The number of aldehydes is 1. The number of carbonyl (C=O) groups excluding carboxylic acids is 1. The molecule has 0 heterocycles. The van der Waals surface area contributed by atoms with E-state index in [9.17, 15) is 14.7 Å². The second-order valence-corrected chi connectivity index (χ2v) is 4.37. The Morgan fingerprint density at radius 2 is 1.63 bits per heavy atom. The SMILES string of the molecule is CCc1cc(CC)c(C(=CC=O)C(=O)O)c(CC)c1. The average Bonchev–Trinajstić information content (AvgIpc) is 2.43. The van der Waals surface area contributed by atoms with Gasteiger partial charge in [0.2, 0.25) is 0 Å². The maximum atomic E-state index is 11.4. The van der Waals surface area contributed by atoms with Crippen LogP contribution in [0.5, 0.6) is 0 Å². The van der Waals surface area contributed by atoms with Crippen molar-refractivity contribution in [3.05, 3.63) is 40.5 Å². The lowest BCUT2D eigenvalue weighted by atomic mass is 9.89. The Hall–Kier alpha value is -1.90. The summed E-state index contributed by atoms with van der Waals surface area (Å²) in [6, 6.07) is 4.08.